The Labute approximate surface area is 118 Å². The predicted molar refractivity (Wildman–Crippen MR) is 73.3 cm³/mol. The summed E-state index contributed by atoms with van der Waals surface area (Å²) in [6.07, 6.45) is 3.52. The van der Waals surface area contributed by atoms with Crippen molar-refractivity contribution in [2.75, 3.05) is 6.54 Å². The molecule has 5 nitrogen and oxygen atoms in total. The van der Waals surface area contributed by atoms with Crippen LogP contribution in [0.1, 0.15) is 37.6 Å². The van der Waals surface area contributed by atoms with Crippen LogP contribution in [0.4, 0.5) is 0 Å². The van der Waals surface area contributed by atoms with Gasteiger partial charge in [-0.15, -0.1) is 0 Å². The van der Waals surface area contributed by atoms with E-state index >= 15 is 0 Å². The molecule has 0 amide bonds. The Morgan fingerprint density at radius 1 is 1.53 bits per heavy atom. The number of likely N-dealkylation sites (tertiary alicyclic amines) is 1. The maximum absolute atomic E-state index is 11.3. The molecule has 1 aromatic rings. The second-order valence-electron chi connectivity index (χ2n) is 5.00. The fourth-order valence-corrected chi connectivity index (χ4v) is 3.00. The van der Waals surface area contributed by atoms with Crippen molar-refractivity contribution >= 4 is 17.6 Å². The molecule has 2 rings (SSSR count). The van der Waals surface area contributed by atoms with Crippen LogP contribution in [0.15, 0.2) is 0 Å². The molecule has 106 valence electrons. The SMILES string of the molecule is CCc1nn(C)c(CN2CCCCC2C(=O)O)c1Cl. The molecule has 1 atom stereocenters. The van der Waals surface area contributed by atoms with E-state index in [0.29, 0.717) is 18.0 Å². The third-order valence-electron chi connectivity index (χ3n) is 3.75. The normalized spacial score (nSPS) is 20.7. The maximum atomic E-state index is 11.3. The third kappa shape index (κ3) is 2.92. The number of nitrogens with zero attached hydrogens (tertiary/aromatic N) is 3. The van der Waals surface area contributed by atoms with Crippen molar-refractivity contribution in [2.45, 2.75) is 45.2 Å². The molecule has 0 saturated carbocycles. The Hall–Kier alpha value is -1.07. The summed E-state index contributed by atoms with van der Waals surface area (Å²) in [6.45, 7) is 3.37. The number of carbonyl (C=O) groups is 1. The molecule has 0 radical (unpaired) electrons. The molecule has 1 N–H and O–H groups in total. The average Bonchev–Trinajstić information content (AvgIpc) is 2.66. The van der Waals surface area contributed by atoms with E-state index in [1.54, 1.807) is 4.68 Å². The third-order valence-corrected chi connectivity index (χ3v) is 4.19. The van der Waals surface area contributed by atoms with Crippen LogP contribution in [0, 0.1) is 0 Å². The topological polar surface area (TPSA) is 58.4 Å². The molecule has 1 aliphatic rings. The zero-order valence-electron chi connectivity index (χ0n) is 11.4. The first-order valence-corrected chi connectivity index (χ1v) is 7.09. The van der Waals surface area contributed by atoms with Crippen molar-refractivity contribution in [1.82, 2.24) is 14.7 Å². The number of hydrogen-bond donors (Lipinski definition) is 1. The van der Waals surface area contributed by atoms with Gasteiger partial charge in [-0.05, 0) is 25.8 Å². The molecule has 1 fully saturated rings. The fourth-order valence-electron chi connectivity index (χ4n) is 2.64. The van der Waals surface area contributed by atoms with Gasteiger partial charge in [-0.3, -0.25) is 14.4 Å². The van der Waals surface area contributed by atoms with Gasteiger partial charge in [0.15, 0.2) is 0 Å². The molecule has 1 saturated heterocycles. The van der Waals surface area contributed by atoms with Crippen LogP contribution in [-0.4, -0.2) is 38.3 Å². The summed E-state index contributed by atoms with van der Waals surface area (Å²) >= 11 is 6.32. The van der Waals surface area contributed by atoms with Gasteiger partial charge in [-0.2, -0.15) is 5.10 Å². The highest BCUT2D eigenvalue weighted by Gasteiger charge is 2.29. The highest BCUT2D eigenvalue weighted by Crippen LogP contribution is 2.25. The van der Waals surface area contributed by atoms with Gasteiger partial charge in [0.05, 0.1) is 16.4 Å². The summed E-state index contributed by atoms with van der Waals surface area (Å²) in [5.41, 5.74) is 1.79. The van der Waals surface area contributed by atoms with E-state index in [0.717, 1.165) is 37.2 Å². The van der Waals surface area contributed by atoms with E-state index in [2.05, 4.69) is 5.10 Å². The van der Waals surface area contributed by atoms with Crippen molar-refractivity contribution in [2.24, 2.45) is 7.05 Å². The Bertz CT molecular complexity index is 473. The number of aryl methyl sites for hydroxylation is 2. The number of carboxylic acid groups (broad SMARTS) is 1. The van der Waals surface area contributed by atoms with Crippen LogP contribution in [0.3, 0.4) is 0 Å². The molecule has 0 spiro atoms. The number of aromatic nitrogens is 2. The minimum absolute atomic E-state index is 0.398. The summed E-state index contributed by atoms with van der Waals surface area (Å²) in [4.78, 5) is 13.3. The smallest absolute Gasteiger partial charge is 0.320 e. The zero-order chi connectivity index (χ0) is 14.0. The number of piperidine rings is 1. The molecule has 1 aliphatic heterocycles. The molecule has 0 aliphatic carbocycles. The van der Waals surface area contributed by atoms with Crippen LogP contribution in [0.25, 0.3) is 0 Å². The van der Waals surface area contributed by atoms with E-state index in [1.165, 1.54) is 0 Å². The monoisotopic (exact) mass is 285 g/mol. The van der Waals surface area contributed by atoms with Gasteiger partial charge in [0.2, 0.25) is 0 Å². The summed E-state index contributed by atoms with van der Waals surface area (Å²) in [5.74, 6) is -0.742. The Balaban J connectivity index is 2.19. The first kappa shape index (κ1) is 14.3. The van der Waals surface area contributed by atoms with Gasteiger partial charge in [-0.1, -0.05) is 24.9 Å². The van der Waals surface area contributed by atoms with Crippen LogP contribution >= 0.6 is 11.6 Å². The second kappa shape index (κ2) is 5.92. The number of carboxylic acids is 1. The highest BCUT2D eigenvalue weighted by molar-refractivity contribution is 6.31. The molecule has 6 heteroatoms. The molecular weight excluding hydrogens is 266 g/mol. The molecule has 19 heavy (non-hydrogen) atoms. The Morgan fingerprint density at radius 2 is 2.26 bits per heavy atom. The van der Waals surface area contributed by atoms with Crippen molar-refractivity contribution in [3.05, 3.63) is 16.4 Å². The largest absolute Gasteiger partial charge is 0.480 e. The van der Waals surface area contributed by atoms with Gasteiger partial charge in [0, 0.05) is 13.6 Å². The molecule has 1 aromatic heterocycles. The van der Waals surface area contributed by atoms with Crippen LogP contribution in [0.2, 0.25) is 5.02 Å². The lowest BCUT2D eigenvalue weighted by atomic mass is 10.0. The predicted octanol–water partition coefficient (Wildman–Crippen LogP) is 2.08. The number of hydrogen-bond acceptors (Lipinski definition) is 3. The molecule has 1 unspecified atom stereocenters. The van der Waals surface area contributed by atoms with E-state index in [4.69, 9.17) is 11.6 Å². The van der Waals surface area contributed by atoms with Crippen LogP contribution in [0.5, 0.6) is 0 Å². The highest BCUT2D eigenvalue weighted by atomic mass is 35.5. The number of aliphatic carboxylic acids is 1. The van der Waals surface area contributed by atoms with Gasteiger partial charge in [0.1, 0.15) is 6.04 Å². The number of halogens is 1. The lowest BCUT2D eigenvalue weighted by Crippen LogP contribution is -2.44. The fraction of sp³-hybridized carbons (Fsp3) is 0.692. The van der Waals surface area contributed by atoms with E-state index in [-0.39, 0.29) is 0 Å². The van der Waals surface area contributed by atoms with E-state index in [9.17, 15) is 9.90 Å². The van der Waals surface area contributed by atoms with Gasteiger partial charge in [-0.25, -0.2) is 0 Å². The van der Waals surface area contributed by atoms with Crippen LogP contribution in [-0.2, 0) is 24.8 Å². The van der Waals surface area contributed by atoms with Gasteiger partial charge < -0.3 is 5.11 Å². The van der Waals surface area contributed by atoms with E-state index < -0.39 is 12.0 Å². The molecular formula is C13H20ClN3O2. The summed E-state index contributed by atoms with van der Waals surface area (Å²) in [6, 6.07) is -0.398. The first-order valence-electron chi connectivity index (χ1n) is 6.71. The molecule has 0 aromatic carbocycles. The minimum atomic E-state index is -0.742. The van der Waals surface area contributed by atoms with Crippen molar-refractivity contribution in [3.63, 3.8) is 0 Å². The van der Waals surface area contributed by atoms with Crippen molar-refractivity contribution in [1.29, 1.82) is 0 Å². The average molecular weight is 286 g/mol. The lowest BCUT2D eigenvalue weighted by molar-refractivity contribution is -0.144. The standard InChI is InChI=1S/C13H20ClN3O2/c1-3-9-12(14)11(16(2)15-9)8-17-7-5-4-6-10(17)13(18)19/h10H,3-8H2,1-2H3,(H,18,19). The van der Waals surface area contributed by atoms with Gasteiger partial charge >= 0.3 is 5.97 Å². The Morgan fingerprint density at radius 3 is 2.84 bits per heavy atom. The maximum Gasteiger partial charge on any atom is 0.320 e. The molecule has 0 bridgehead atoms. The first-order chi connectivity index (χ1) is 9.04. The Kier molecular flexibility index (Phi) is 4.47. The van der Waals surface area contributed by atoms with E-state index in [1.807, 2.05) is 18.9 Å². The number of rotatable bonds is 4. The van der Waals surface area contributed by atoms with Crippen molar-refractivity contribution < 1.29 is 9.90 Å². The lowest BCUT2D eigenvalue weighted by Gasteiger charge is -2.32. The van der Waals surface area contributed by atoms with Crippen molar-refractivity contribution in [3.8, 4) is 0 Å². The molecule has 2 heterocycles. The van der Waals surface area contributed by atoms with Gasteiger partial charge in [0.25, 0.3) is 0 Å². The van der Waals surface area contributed by atoms with Crippen LogP contribution < -0.4 is 0 Å². The minimum Gasteiger partial charge on any atom is -0.480 e. The second-order valence-corrected chi connectivity index (χ2v) is 5.38. The summed E-state index contributed by atoms with van der Waals surface area (Å²) in [5, 5.41) is 14.3. The quantitative estimate of drug-likeness (QED) is 0.920. The summed E-state index contributed by atoms with van der Waals surface area (Å²) < 4.78 is 1.77. The zero-order valence-corrected chi connectivity index (χ0v) is 12.2. The summed E-state index contributed by atoms with van der Waals surface area (Å²) in [7, 11) is 1.86.